The van der Waals surface area contributed by atoms with Crippen molar-refractivity contribution in [2.75, 3.05) is 0 Å². The number of aromatic nitrogens is 8. The van der Waals surface area contributed by atoms with Crippen LogP contribution in [0, 0.1) is 62.2 Å². The van der Waals surface area contributed by atoms with Crippen LogP contribution in [0.15, 0.2) is 188 Å². The van der Waals surface area contributed by atoms with E-state index in [1.54, 1.807) is 0 Å². The van der Waals surface area contributed by atoms with Crippen molar-refractivity contribution in [3.05, 3.63) is 238 Å². The molecule has 12 aromatic heterocycles. The van der Waals surface area contributed by atoms with Gasteiger partial charge in [-0.25, -0.2) is 38.2 Å². The highest BCUT2D eigenvalue weighted by Crippen LogP contribution is 2.43. The van der Waals surface area contributed by atoms with Crippen molar-refractivity contribution in [3.8, 4) is 45.0 Å². The fourth-order valence-corrected chi connectivity index (χ4v) is 16.1. The van der Waals surface area contributed by atoms with Crippen LogP contribution in [0.4, 0.5) is 0 Å². The summed E-state index contributed by atoms with van der Waals surface area (Å²) < 4.78 is 34.1. The number of aryl methyl sites for hydroxylation is 10. The maximum Gasteiger partial charge on any atom is 0.227 e. The predicted octanol–water partition coefficient (Wildman–Crippen LogP) is 24.7. The van der Waals surface area contributed by atoms with Gasteiger partial charge in [0.05, 0.1) is 22.3 Å². The molecule has 0 bridgehead atoms. The Morgan fingerprint density at radius 3 is 0.886 bits per heavy atom. The molecule has 0 fully saturated rings. The Hall–Kier alpha value is -10.7. The quantitative estimate of drug-likeness (QED) is 0.111. The second-order valence-electron chi connectivity index (χ2n) is 37.8. The smallest absolute Gasteiger partial charge is 0.227 e. The molecule has 0 N–H and O–H groups in total. The standard InChI is InChI=1S/C27H33N2O.C26H31N2O.C25H29N2O.C24H27N2O/c1-17(2)14-20-9-11-22-21-10-8-18(3)24(25(21)30-26(22)28-20)23-15-19(12-13-29(23)7)16-27(4,5)6;1-16(2)21-11-10-20-19-9-8-17(3)23(24(19)29-25(20)27-21)22-14-18(12-13-28(22)7)15-26(4,5)6;1-7-18-9-11-20-19-10-8-16(2)22(23(19)28-24(20)26-18)21-14-17(12-13-27(21)6)15-25(3,4)5;1-15-7-9-18-19-10-8-16(2)25-23(19)27-22(18)21(15)20-13-17(11-12-26(20)6)14-24(3,4)5/h8-13,15,17H,14,16H2,1-7H3;8-14,16H,15H2,1-7H3;8-14H,7,15H2,1-6H3;7-13H,14H2,1-6H3/q4*+1. The molecule has 588 valence electrons. The molecule has 0 unspecified atom stereocenters. The van der Waals surface area contributed by atoms with E-state index in [1.807, 2.05) is 13.0 Å². The number of furan rings is 4. The summed E-state index contributed by atoms with van der Waals surface area (Å²) in [7, 11) is 8.41. The summed E-state index contributed by atoms with van der Waals surface area (Å²) >= 11 is 0. The zero-order chi connectivity index (χ0) is 81.9. The number of hydrogen-bond acceptors (Lipinski definition) is 8. The Kier molecular flexibility index (Phi) is 22.8. The second kappa shape index (κ2) is 31.9. The molecule has 12 nitrogen and oxygen atoms in total. The maximum absolute atomic E-state index is 6.41. The number of hydrogen-bond donors (Lipinski definition) is 0. The average molecular weight is 1520 g/mol. The van der Waals surface area contributed by atoms with Gasteiger partial charge in [0.1, 0.15) is 28.2 Å². The lowest BCUT2D eigenvalue weighted by Crippen LogP contribution is -2.31. The van der Waals surface area contributed by atoms with Gasteiger partial charge < -0.3 is 17.7 Å². The minimum atomic E-state index is 0.244. The monoisotopic (exact) mass is 1520 g/mol. The first-order chi connectivity index (χ1) is 53.7. The number of benzene rings is 4. The van der Waals surface area contributed by atoms with Crippen molar-refractivity contribution in [2.45, 2.75) is 197 Å². The fraction of sp³-hybridized carbons (Fsp3) is 0.373. The van der Waals surface area contributed by atoms with E-state index in [9.17, 15) is 0 Å². The third-order valence-electron chi connectivity index (χ3n) is 21.5. The highest BCUT2D eigenvalue weighted by molar-refractivity contribution is 6.12. The molecule has 0 radical (unpaired) electrons. The van der Waals surface area contributed by atoms with Crippen LogP contribution in [0.3, 0.4) is 0 Å². The van der Waals surface area contributed by atoms with Crippen LogP contribution in [0.1, 0.15) is 191 Å². The van der Waals surface area contributed by atoms with Crippen LogP contribution in [0.5, 0.6) is 0 Å². The molecule has 16 aromatic rings. The lowest BCUT2D eigenvalue weighted by molar-refractivity contribution is -0.660. The molecule has 114 heavy (non-hydrogen) atoms. The predicted molar refractivity (Wildman–Crippen MR) is 471 cm³/mol. The molecular weight excluding hydrogens is 1400 g/mol. The van der Waals surface area contributed by atoms with E-state index in [2.05, 4.69) is 361 Å². The second-order valence-corrected chi connectivity index (χ2v) is 37.8. The zero-order valence-electron chi connectivity index (χ0n) is 72.8. The molecule has 0 atom stereocenters. The fourth-order valence-electron chi connectivity index (χ4n) is 16.1. The Bertz CT molecular complexity index is 6310. The largest absolute Gasteiger partial charge is 0.437 e. The van der Waals surface area contributed by atoms with E-state index in [0.29, 0.717) is 17.5 Å². The van der Waals surface area contributed by atoms with Gasteiger partial charge in [-0.2, -0.15) is 0 Å². The van der Waals surface area contributed by atoms with Gasteiger partial charge in [0, 0.05) is 114 Å². The summed E-state index contributed by atoms with van der Waals surface area (Å²) in [6, 6.07) is 52.5. The van der Waals surface area contributed by atoms with Gasteiger partial charge >= 0.3 is 0 Å². The highest BCUT2D eigenvalue weighted by Gasteiger charge is 2.29. The van der Waals surface area contributed by atoms with E-state index in [4.69, 9.17) is 32.6 Å². The molecular formula is C102H120N8O4+4. The maximum atomic E-state index is 6.41. The van der Waals surface area contributed by atoms with E-state index in [1.165, 1.54) is 67.3 Å². The zero-order valence-corrected chi connectivity index (χ0v) is 72.8. The highest BCUT2D eigenvalue weighted by atomic mass is 16.4. The molecule has 16 rings (SSSR count). The normalized spacial score (nSPS) is 12.3. The van der Waals surface area contributed by atoms with Crippen molar-refractivity contribution < 1.29 is 35.9 Å². The first-order valence-electron chi connectivity index (χ1n) is 41.0. The first-order valence-corrected chi connectivity index (χ1v) is 41.0. The first kappa shape index (κ1) is 81.3. The van der Waals surface area contributed by atoms with Crippen LogP contribution < -0.4 is 18.3 Å². The molecule has 0 amide bonds. The number of nitrogens with zero attached hydrogens (tertiary/aromatic N) is 8. The minimum Gasteiger partial charge on any atom is -0.437 e. The van der Waals surface area contributed by atoms with Gasteiger partial charge in [-0.05, 0) is 200 Å². The van der Waals surface area contributed by atoms with Gasteiger partial charge in [-0.3, -0.25) is 0 Å². The van der Waals surface area contributed by atoms with Crippen molar-refractivity contribution in [2.24, 2.45) is 55.8 Å². The molecule has 0 aliphatic rings. The van der Waals surface area contributed by atoms with Crippen LogP contribution in [-0.4, -0.2) is 19.9 Å². The van der Waals surface area contributed by atoms with Gasteiger partial charge in [-0.15, -0.1) is 0 Å². The van der Waals surface area contributed by atoms with E-state index in [-0.39, 0.29) is 21.7 Å². The summed E-state index contributed by atoms with van der Waals surface area (Å²) in [6.07, 6.45) is 14.7. The van der Waals surface area contributed by atoms with E-state index in [0.717, 1.165) is 166 Å². The molecule has 0 aliphatic heterocycles. The van der Waals surface area contributed by atoms with E-state index < -0.39 is 0 Å². The van der Waals surface area contributed by atoms with Gasteiger partial charge in [-0.1, -0.05) is 166 Å². The van der Waals surface area contributed by atoms with Crippen molar-refractivity contribution >= 4 is 88.3 Å². The van der Waals surface area contributed by atoms with Crippen molar-refractivity contribution in [1.29, 1.82) is 0 Å². The molecule has 12 heteroatoms. The van der Waals surface area contributed by atoms with Crippen LogP contribution in [-0.2, 0) is 66.7 Å². The molecule has 0 saturated carbocycles. The molecule has 4 aromatic carbocycles. The Balaban J connectivity index is 0.000000133. The van der Waals surface area contributed by atoms with Crippen LogP contribution >= 0.6 is 0 Å². The van der Waals surface area contributed by atoms with Gasteiger partial charge in [0.2, 0.25) is 45.6 Å². The van der Waals surface area contributed by atoms with Crippen molar-refractivity contribution in [3.63, 3.8) is 0 Å². The summed E-state index contributed by atoms with van der Waals surface area (Å²) in [5.41, 5.74) is 31.4. The Morgan fingerprint density at radius 1 is 0.316 bits per heavy atom. The van der Waals surface area contributed by atoms with Gasteiger partial charge in [0.15, 0.2) is 47.1 Å². The molecule has 12 heterocycles. The summed E-state index contributed by atoms with van der Waals surface area (Å²) in [4.78, 5) is 18.9. The Labute approximate surface area is 675 Å². The molecule has 0 saturated heterocycles. The average Bonchev–Trinajstić information content (AvgIpc) is 1.58. The summed E-state index contributed by atoms with van der Waals surface area (Å²) in [5.74, 6) is 0.947. The van der Waals surface area contributed by atoms with Crippen molar-refractivity contribution in [1.82, 2.24) is 19.9 Å². The van der Waals surface area contributed by atoms with Crippen LogP contribution in [0.25, 0.3) is 133 Å². The van der Waals surface area contributed by atoms with Crippen LogP contribution in [0.2, 0.25) is 0 Å². The Morgan fingerprint density at radius 2 is 0.588 bits per heavy atom. The minimum absolute atomic E-state index is 0.244. The molecule has 0 spiro atoms. The number of pyridine rings is 8. The lowest BCUT2D eigenvalue weighted by Gasteiger charge is -2.18. The summed E-state index contributed by atoms with van der Waals surface area (Å²) in [5, 5.41) is 8.85. The van der Waals surface area contributed by atoms with E-state index >= 15 is 0 Å². The third kappa shape index (κ3) is 17.8. The lowest BCUT2D eigenvalue weighted by atomic mass is 9.87. The summed E-state index contributed by atoms with van der Waals surface area (Å²) in [6.45, 7) is 48.9. The topological polar surface area (TPSA) is 120 Å². The number of fused-ring (bicyclic) bond motifs is 12. The SMILES string of the molecule is CCc1ccc2c(n1)oc1c(-c3cc(CC(C)(C)C)cc[n+]3C)c(C)ccc12.Cc1ccc2c(n1)oc1c(-c3cc(CC(C)(C)C)cc[n+]3C)c(C)ccc12.Cc1ccc2c(oc3nc(C(C)C)ccc32)c1-c1cc(CC(C)(C)C)cc[n+]1C.Cc1ccc2c(oc3nc(CC(C)C)ccc32)c1-c1cc(CC(C)(C)C)cc[n+]1C. The molecule has 0 aliphatic carbocycles. The van der Waals surface area contributed by atoms with Gasteiger partial charge in [0.25, 0.3) is 0 Å². The number of rotatable bonds is 12. The third-order valence-corrected chi connectivity index (χ3v) is 21.5.